The Morgan fingerprint density at radius 3 is 2.42 bits per heavy atom. The van der Waals surface area contributed by atoms with Crippen LogP contribution in [0.1, 0.15) is 19.4 Å². The molecule has 0 unspecified atom stereocenters. The van der Waals surface area contributed by atoms with E-state index in [2.05, 4.69) is 10.2 Å². The fourth-order valence-corrected chi connectivity index (χ4v) is 1.69. The summed E-state index contributed by atoms with van der Waals surface area (Å²) < 4.78 is 37.9. The van der Waals surface area contributed by atoms with E-state index in [1.807, 2.05) is 6.07 Å². The first-order chi connectivity index (χ1) is 8.65. The molecule has 19 heavy (non-hydrogen) atoms. The molecule has 0 spiro atoms. The lowest BCUT2D eigenvalue weighted by molar-refractivity contribution is -0.137. The van der Waals surface area contributed by atoms with Crippen molar-refractivity contribution in [1.82, 2.24) is 15.0 Å². The van der Waals surface area contributed by atoms with Gasteiger partial charge in [-0.25, -0.2) is 0 Å². The maximum Gasteiger partial charge on any atom is 0.416 e. The number of fused-ring (bicyclic) bond motifs is 1. The third-order valence-corrected chi connectivity index (χ3v) is 2.83. The summed E-state index contributed by atoms with van der Waals surface area (Å²) in [6.45, 7) is 3.09. The van der Waals surface area contributed by atoms with Gasteiger partial charge in [0.25, 0.3) is 0 Å². The minimum atomic E-state index is -4.51. The zero-order valence-electron chi connectivity index (χ0n) is 9.96. The van der Waals surface area contributed by atoms with Gasteiger partial charge in [0.1, 0.15) is 11.0 Å². The quantitative estimate of drug-likeness (QED) is 0.808. The molecule has 0 N–H and O–H groups in total. The highest BCUT2D eigenvalue weighted by Crippen LogP contribution is 2.34. The van der Waals surface area contributed by atoms with E-state index in [0.29, 0.717) is 0 Å². The van der Waals surface area contributed by atoms with E-state index in [1.54, 1.807) is 13.8 Å². The molecule has 0 bridgehead atoms. The van der Waals surface area contributed by atoms with Crippen LogP contribution in [0.4, 0.5) is 13.2 Å². The summed E-state index contributed by atoms with van der Waals surface area (Å²) in [5.41, 5.74) is -1.83. The van der Waals surface area contributed by atoms with Gasteiger partial charge in [-0.3, -0.25) is 0 Å². The van der Waals surface area contributed by atoms with E-state index >= 15 is 0 Å². The number of hydrogen-bond donors (Lipinski definition) is 0. The summed E-state index contributed by atoms with van der Waals surface area (Å²) in [6, 6.07) is 3.61. The Hall–Kier alpha value is -1.81. The van der Waals surface area contributed by atoms with Crippen molar-refractivity contribution >= 4 is 22.6 Å². The number of nitrogens with zero attached hydrogens (tertiary/aromatic N) is 4. The Morgan fingerprint density at radius 2 is 1.89 bits per heavy atom. The highest BCUT2D eigenvalue weighted by molar-refractivity contribution is 6.34. The fraction of sp³-hybridized carbons (Fsp3) is 0.364. The summed E-state index contributed by atoms with van der Waals surface area (Å²) >= 11 is 5.78. The molecule has 1 aromatic carbocycles. The molecule has 2 rings (SSSR count). The lowest BCUT2D eigenvalue weighted by atomic mass is 10.1. The van der Waals surface area contributed by atoms with Crippen molar-refractivity contribution in [3.05, 3.63) is 22.7 Å². The van der Waals surface area contributed by atoms with E-state index in [-0.39, 0.29) is 16.1 Å². The number of alkyl halides is 3. The molecule has 1 heterocycles. The Kier molecular flexibility index (Phi) is 2.94. The highest BCUT2D eigenvalue weighted by Gasteiger charge is 2.32. The van der Waals surface area contributed by atoms with Crippen LogP contribution in [0.3, 0.4) is 0 Å². The molecular formula is C11H8ClF3N4. The van der Waals surface area contributed by atoms with Gasteiger partial charge in [-0.2, -0.15) is 33.4 Å². The van der Waals surface area contributed by atoms with Crippen LogP contribution in [0.5, 0.6) is 0 Å². The lowest BCUT2D eigenvalue weighted by Crippen LogP contribution is -2.26. The van der Waals surface area contributed by atoms with Gasteiger partial charge in [-0.05, 0) is 26.0 Å². The monoisotopic (exact) mass is 288 g/mol. The summed E-state index contributed by atoms with van der Waals surface area (Å²) in [7, 11) is 0. The lowest BCUT2D eigenvalue weighted by Gasteiger charge is -2.12. The van der Waals surface area contributed by atoms with E-state index in [4.69, 9.17) is 16.9 Å². The van der Waals surface area contributed by atoms with E-state index in [1.165, 1.54) is 0 Å². The van der Waals surface area contributed by atoms with Crippen LogP contribution in [0, 0.1) is 11.3 Å². The zero-order valence-corrected chi connectivity index (χ0v) is 10.7. The van der Waals surface area contributed by atoms with Gasteiger partial charge in [0.15, 0.2) is 5.54 Å². The van der Waals surface area contributed by atoms with Crippen LogP contribution in [0.25, 0.3) is 11.0 Å². The van der Waals surface area contributed by atoms with Gasteiger partial charge in [-0.1, -0.05) is 11.6 Å². The first-order valence-electron chi connectivity index (χ1n) is 5.21. The van der Waals surface area contributed by atoms with Crippen molar-refractivity contribution in [2.24, 2.45) is 0 Å². The number of halogens is 4. The Morgan fingerprint density at radius 1 is 1.26 bits per heavy atom. The Balaban J connectivity index is 2.68. The average molecular weight is 289 g/mol. The normalized spacial score (nSPS) is 12.7. The molecule has 0 radical (unpaired) electrons. The Labute approximate surface area is 111 Å². The molecule has 0 saturated carbocycles. The van der Waals surface area contributed by atoms with Crippen LogP contribution >= 0.6 is 11.6 Å². The second-order valence-corrected chi connectivity index (χ2v) is 4.89. The van der Waals surface area contributed by atoms with Gasteiger partial charge in [0.2, 0.25) is 0 Å². The molecule has 0 fully saturated rings. The smallest absolute Gasteiger partial charge is 0.196 e. The number of hydrogen-bond acceptors (Lipinski definition) is 3. The van der Waals surface area contributed by atoms with Gasteiger partial charge in [0.05, 0.1) is 16.7 Å². The molecule has 0 aliphatic carbocycles. The van der Waals surface area contributed by atoms with Crippen LogP contribution in [0.15, 0.2) is 12.1 Å². The van der Waals surface area contributed by atoms with Crippen LogP contribution < -0.4 is 0 Å². The maximum atomic E-state index is 12.6. The number of nitriles is 1. The van der Waals surface area contributed by atoms with E-state index < -0.39 is 17.3 Å². The minimum absolute atomic E-state index is 0.00292. The summed E-state index contributed by atoms with van der Waals surface area (Å²) in [5, 5.41) is 16.7. The second-order valence-electron chi connectivity index (χ2n) is 4.48. The SMILES string of the molecule is CC(C)(C#N)n1nc2cc(C(F)(F)F)cc(Cl)c2n1. The zero-order chi connectivity index (χ0) is 14.4. The standard InChI is InChI=1S/C11H8ClF3N4/c1-10(2,5-16)19-17-8-4-6(11(13,14)15)3-7(12)9(8)18-19/h3-4H,1-2H3. The van der Waals surface area contributed by atoms with Crippen LogP contribution in [-0.4, -0.2) is 15.0 Å². The molecule has 0 aliphatic rings. The van der Waals surface area contributed by atoms with Gasteiger partial charge < -0.3 is 0 Å². The topological polar surface area (TPSA) is 54.5 Å². The molecule has 0 amide bonds. The van der Waals surface area contributed by atoms with Crippen LogP contribution in [0.2, 0.25) is 5.02 Å². The number of aromatic nitrogens is 3. The molecule has 0 saturated heterocycles. The molecule has 4 nitrogen and oxygen atoms in total. The van der Waals surface area contributed by atoms with Crippen molar-refractivity contribution in [2.45, 2.75) is 25.6 Å². The molecule has 0 aliphatic heterocycles. The Bertz CT molecular complexity index is 682. The molecular weight excluding hydrogens is 281 g/mol. The van der Waals surface area contributed by atoms with Crippen molar-refractivity contribution in [1.29, 1.82) is 5.26 Å². The number of rotatable bonds is 1. The van der Waals surface area contributed by atoms with Gasteiger partial charge in [-0.15, -0.1) is 0 Å². The van der Waals surface area contributed by atoms with Gasteiger partial charge in [0, 0.05) is 0 Å². The van der Waals surface area contributed by atoms with Crippen molar-refractivity contribution in [3.63, 3.8) is 0 Å². The first-order valence-corrected chi connectivity index (χ1v) is 5.58. The largest absolute Gasteiger partial charge is 0.416 e. The third kappa shape index (κ3) is 2.36. The maximum absolute atomic E-state index is 12.6. The van der Waals surface area contributed by atoms with Crippen molar-refractivity contribution in [2.75, 3.05) is 0 Å². The van der Waals surface area contributed by atoms with E-state index in [0.717, 1.165) is 16.9 Å². The minimum Gasteiger partial charge on any atom is -0.196 e. The van der Waals surface area contributed by atoms with E-state index in [9.17, 15) is 13.2 Å². The fourth-order valence-electron chi connectivity index (χ4n) is 1.44. The summed E-state index contributed by atoms with van der Waals surface area (Å²) in [5.74, 6) is 0. The average Bonchev–Trinajstić information content (AvgIpc) is 2.73. The highest BCUT2D eigenvalue weighted by atomic mass is 35.5. The predicted molar refractivity (Wildman–Crippen MR) is 62.5 cm³/mol. The van der Waals surface area contributed by atoms with Crippen molar-refractivity contribution in [3.8, 4) is 6.07 Å². The predicted octanol–water partition coefficient (Wildman–Crippen LogP) is 3.36. The second kappa shape index (κ2) is 4.10. The summed E-state index contributed by atoms with van der Waals surface area (Å²) in [4.78, 5) is 1.06. The first kappa shape index (κ1) is 13.6. The van der Waals surface area contributed by atoms with Crippen LogP contribution in [-0.2, 0) is 11.7 Å². The molecule has 100 valence electrons. The summed E-state index contributed by atoms with van der Waals surface area (Å²) in [6.07, 6.45) is -4.51. The van der Waals surface area contributed by atoms with Gasteiger partial charge >= 0.3 is 6.18 Å². The molecule has 2 aromatic rings. The van der Waals surface area contributed by atoms with Crippen molar-refractivity contribution < 1.29 is 13.2 Å². The number of benzene rings is 1. The molecule has 0 atom stereocenters. The third-order valence-electron chi connectivity index (χ3n) is 2.54. The molecule has 1 aromatic heterocycles. The molecule has 8 heteroatoms.